The van der Waals surface area contributed by atoms with Crippen molar-refractivity contribution in [3.8, 4) is 0 Å². The van der Waals surface area contributed by atoms with Crippen molar-refractivity contribution < 1.29 is 8.42 Å². The van der Waals surface area contributed by atoms with Gasteiger partial charge in [0.15, 0.2) is 0 Å². The van der Waals surface area contributed by atoms with E-state index in [1.165, 1.54) is 3.97 Å². The molecule has 0 unspecified atom stereocenters. The Morgan fingerprint density at radius 1 is 0.952 bits per heavy atom. The molecule has 0 spiro atoms. The molecule has 108 valence electrons. The number of hydrogen-bond acceptors (Lipinski definition) is 3. The van der Waals surface area contributed by atoms with Crippen LogP contribution < -0.4 is 5.73 Å². The number of nitrogens with two attached hydrogens (primary N) is 1. The van der Waals surface area contributed by atoms with Crippen LogP contribution in [0.25, 0.3) is 10.9 Å². The molecule has 0 atom stereocenters. The van der Waals surface area contributed by atoms with Gasteiger partial charge in [0.1, 0.15) is 0 Å². The normalized spacial score (nSPS) is 11.9. The first-order valence-corrected chi connectivity index (χ1v) is 8.17. The van der Waals surface area contributed by atoms with Gasteiger partial charge in [-0.2, -0.15) is 0 Å². The number of aromatic nitrogens is 1. The summed E-state index contributed by atoms with van der Waals surface area (Å²) in [5, 5.41) is 0.904. The van der Waals surface area contributed by atoms with Crippen LogP contribution in [0, 0.1) is 0 Å². The highest BCUT2D eigenvalue weighted by Crippen LogP contribution is 2.22. The third-order valence-corrected chi connectivity index (χ3v) is 5.18. The van der Waals surface area contributed by atoms with Crippen LogP contribution in [-0.2, 0) is 16.4 Å². The second kappa shape index (κ2) is 5.35. The summed E-state index contributed by atoms with van der Waals surface area (Å²) in [5.74, 6) is 0. The highest BCUT2D eigenvalue weighted by molar-refractivity contribution is 7.90. The molecule has 0 aliphatic heterocycles. The molecule has 4 nitrogen and oxygen atoms in total. The molecule has 5 heteroatoms. The maximum Gasteiger partial charge on any atom is 0.268 e. The van der Waals surface area contributed by atoms with Crippen molar-refractivity contribution in [2.75, 3.05) is 6.54 Å². The fourth-order valence-corrected chi connectivity index (χ4v) is 3.73. The van der Waals surface area contributed by atoms with Crippen LogP contribution in [0.4, 0.5) is 0 Å². The van der Waals surface area contributed by atoms with Crippen molar-refractivity contribution in [2.24, 2.45) is 5.73 Å². The van der Waals surface area contributed by atoms with Crippen LogP contribution in [0.1, 0.15) is 5.56 Å². The first-order valence-electron chi connectivity index (χ1n) is 6.73. The third kappa shape index (κ3) is 2.46. The molecule has 0 radical (unpaired) electrons. The summed E-state index contributed by atoms with van der Waals surface area (Å²) in [7, 11) is -3.57. The molecule has 21 heavy (non-hydrogen) atoms. The Hall–Kier alpha value is -2.11. The second-order valence-corrected chi connectivity index (χ2v) is 6.67. The van der Waals surface area contributed by atoms with Gasteiger partial charge >= 0.3 is 0 Å². The largest absolute Gasteiger partial charge is 0.330 e. The van der Waals surface area contributed by atoms with Crippen LogP contribution in [0.5, 0.6) is 0 Å². The van der Waals surface area contributed by atoms with E-state index < -0.39 is 10.0 Å². The van der Waals surface area contributed by atoms with Crippen LogP contribution in [-0.4, -0.2) is 18.9 Å². The summed E-state index contributed by atoms with van der Waals surface area (Å²) >= 11 is 0. The van der Waals surface area contributed by atoms with E-state index in [-0.39, 0.29) is 4.90 Å². The minimum absolute atomic E-state index is 0.282. The Labute approximate surface area is 123 Å². The van der Waals surface area contributed by atoms with Gasteiger partial charge in [-0.1, -0.05) is 30.3 Å². The van der Waals surface area contributed by atoms with Gasteiger partial charge in [0.25, 0.3) is 10.0 Å². The molecule has 1 heterocycles. The number of para-hydroxylation sites is 1. The molecule has 0 fully saturated rings. The quantitative estimate of drug-likeness (QED) is 0.804. The zero-order valence-corrected chi connectivity index (χ0v) is 12.3. The molecule has 0 aliphatic rings. The number of benzene rings is 2. The van der Waals surface area contributed by atoms with Gasteiger partial charge < -0.3 is 5.73 Å². The van der Waals surface area contributed by atoms with E-state index >= 15 is 0 Å². The van der Waals surface area contributed by atoms with E-state index in [9.17, 15) is 8.42 Å². The van der Waals surface area contributed by atoms with Gasteiger partial charge in [0, 0.05) is 11.6 Å². The summed E-state index contributed by atoms with van der Waals surface area (Å²) in [6.45, 7) is 0.550. The molecule has 2 aromatic carbocycles. The standard InChI is InChI=1S/C16H16N2O2S/c17-11-9-13-5-7-15(8-6-13)21(19,20)18-12-10-14-3-1-2-4-16(14)18/h1-8,10,12H,9,11,17H2. The lowest BCUT2D eigenvalue weighted by atomic mass is 10.2. The molecule has 0 amide bonds. The summed E-state index contributed by atoms with van der Waals surface area (Å²) < 4.78 is 26.8. The minimum atomic E-state index is -3.57. The van der Waals surface area contributed by atoms with Gasteiger partial charge in [-0.05, 0) is 42.8 Å². The van der Waals surface area contributed by atoms with Crippen LogP contribution in [0.2, 0.25) is 0 Å². The van der Waals surface area contributed by atoms with Crippen LogP contribution in [0.15, 0.2) is 65.7 Å². The predicted octanol–water partition coefficient (Wildman–Crippen LogP) is 2.38. The van der Waals surface area contributed by atoms with Crippen LogP contribution >= 0.6 is 0 Å². The Balaban J connectivity index is 2.07. The Bertz CT molecular complexity index is 865. The Kier molecular flexibility index (Phi) is 3.53. The highest BCUT2D eigenvalue weighted by atomic mass is 32.2. The first-order chi connectivity index (χ1) is 10.1. The van der Waals surface area contributed by atoms with Crippen molar-refractivity contribution in [3.63, 3.8) is 0 Å². The molecule has 3 rings (SSSR count). The van der Waals surface area contributed by atoms with Crippen molar-refractivity contribution >= 4 is 20.9 Å². The predicted molar refractivity (Wildman–Crippen MR) is 83.7 cm³/mol. The molecule has 0 saturated heterocycles. The number of fused-ring (bicyclic) bond motifs is 1. The summed E-state index contributed by atoms with van der Waals surface area (Å²) in [5.41, 5.74) is 7.22. The second-order valence-electron chi connectivity index (χ2n) is 4.86. The van der Waals surface area contributed by atoms with Crippen molar-refractivity contribution in [1.82, 2.24) is 3.97 Å². The zero-order chi connectivity index (χ0) is 14.9. The zero-order valence-electron chi connectivity index (χ0n) is 11.4. The number of nitrogens with zero attached hydrogens (tertiary/aromatic N) is 1. The molecular formula is C16H16N2O2S. The van der Waals surface area contributed by atoms with Gasteiger partial charge in [-0.15, -0.1) is 0 Å². The average Bonchev–Trinajstić information content (AvgIpc) is 2.93. The molecular weight excluding hydrogens is 284 g/mol. The summed E-state index contributed by atoms with van der Waals surface area (Å²) in [4.78, 5) is 0.282. The molecule has 1 aromatic heterocycles. The van der Waals surface area contributed by atoms with Gasteiger partial charge in [-0.25, -0.2) is 12.4 Å². The number of rotatable bonds is 4. The SMILES string of the molecule is NCCc1ccc(S(=O)(=O)n2ccc3ccccc32)cc1. The lowest BCUT2D eigenvalue weighted by Crippen LogP contribution is -2.12. The first kappa shape index (κ1) is 13.9. The molecule has 3 aromatic rings. The van der Waals surface area contributed by atoms with E-state index in [0.29, 0.717) is 12.1 Å². The van der Waals surface area contributed by atoms with E-state index in [4.69, 9.17) is 5.73 Å². The highest BCUT2D eigenvalue weighted by Gasteiger charge is 2.18. The lowest BCUT2D eigenvalue weighted by Gasteiger charge is -2.08. The van der Waals surface area contributed by atoms with Crippen molar-refractivity contribution in [2.45, 2.75) is 11.3 Å². The molecule has 0 saturated carbocycles. The molecule has 0 bridgehead atoms. The summed E-state index contributed by atoms with van der Waals surface area (Å²) in [6.07, 6.45) is 2.33. The summed E-state index contributed by atoms with van der Waals surface area (Å²) in [6, 6.07) is 16.1. The monoisotopic (exact) mass is 300 g/mol. The molecule has 2 N–H and O–H groups in total. The smallest absolute Gasteiger partial charge is 0.268 e. The topological polar surface area (TPSA) is 65.1 Å². The van der Waals surface area contributed by atoms with Gasteiger partial charge in [0.05, 0.1) is 10.4 Å². The average molecular weight is 300 g/mol. The van der Waals surface area contributed by atoms with Gasteiger partial charge in [0.2, 0.25) is 0 Å². The minimum Gasteiger partial charge on any atom is -0.330 e. The Morgan fingerprint density at radius 2 is 1.67 bits per heavy atom. The van der Waals surface area contributed by atoms with E-state index in [0.717, 1.165) is 17.4 Å². The third-order valence-electron chi connectivity index (χ3n) is 3.48. The fraction of sp³-hybridized carbons (Fsp3) is 0.125. The van der Waals surface area contributed by atoms with E-state index in [1.807, 2.05) is 30.3 Å². The van der Waals surface area contributed by atoms with E-state index in [2.05, 4.69) is 0 Å². The maximum absolute atomic E-state index is 12.7. The fourth-order valence-electron chi connectivity index (χ4n) is 2.38. The van der Waals surface area contributed by atoms with E-state index in [1.54, 1.807) is 30.5 Å². The van der Waals surface area contributed by atoms with Crippen molar-refractivity contribution in [3.05, 3.63) is 66.4 Å². The lowest BCUT2D eigenvalue weighted by molar-refractivity contribution is 0.589. The van der Waals surface area contributed by atoms with Crippen molar-refractivity contribution in [1.29, 1.82) is 0 Å². The van der Waals surface area contributed by atoms with Gasteiger partial charge in [-0.3, -0.25) is 0 Å². The van der Waals surface area contributed by atoms with Crippen LogP contribution in [0.3, 0.4) is 0 Å². The maximum atomic E-state index is 12.7. The Morgan fingerprint density at radius 3 is 2.38 bits per heavy atom. The number of hydrogen-bond donors (Lipinski definition) is 1. The molecule has 0 aliphatic carbocycles.